The van der Waals surface area contributed by atoms with Crippen molar-refractivity contribution in [3.05, 3.63) is 54.0 Å². The summed E-state index contributed by atoms with van der Waals surface area (Å²) in [6, 6.07) is 10.7. The largest absolute Gasteiger partial charge is 0.497 e. The predicted octanol–water partition coefficient (Wildman–Crippen LogP) is 2.01. The van der Waals surface area contributed by atoms with Crippen molar-refractivity contribution in [2.24, 2.45) is 0 Å². The van der Waals surface area contributed by atoms with E-state index < -0.39 is 5.60 Å². The van der Waals surface area contributed by atoms with Crippen molar-refractivity contribution in [1.29, 1.82) is 0 Å². The highest BCUT2D eigenvalue weighted by atomic mass is 16.5. The van der Waals surface area contributed by atoms with Crippen LogP contribution in [0.3, 0.4) is 0 Å². The van der Waals surface area contributed by atoms with Gasteiger partial charge in [-0.3, -0.25) is 4.79 Å². The highest BCUT2D eigenvalue weighted by molar-refractivity contribution is 5.91. The molecule has 0 saturated carbocycles. The lowest BCUT2D eigenvalue weighted by Crippen LogP contribution is -2.42. The van der Waals surface area contributed by atoms with Crippen LogP contribution in [0.25, 0.3) is 0 Å². The summed E-state index contributed by atoms with van der Waals surface area (Å²) in [7, 11) is 1.61. The van der Waals surface area contributed by atoms with E-state index in [0.717, 1.165) is 11.3 Å². The first kappa shape index (κ1) is 15.1. The predicted molar refractivity (Wildman–Crippen MR) is 78.4 cm³/mol. The summed E-state index contributed by atoms with van der Waals surface area (Å²) < 4.78 is 10.1. The molecule has 5 heteroatoms. The Morgan fingerprint density at radius 3 is 2.62 bits per heavy atom. The van der Waals surface area contributed by atoms with Crippen LogP contribution < -0.4 is 10.1 Å². The Morgan fingerprint density at radius 1 is 1.33 bits per heavy atom. The molecule has 0 aliphatic rings. The van der Waals surface area contributed by atoms with Crippen molar-refractivity contribution >= 4 is 5.91 Å². The number of carbonyl (C=O) groups is 1. The summed E-state index contributed by atoms with van der Waals surface area (Å²) >= 11 is 0. The van der Waals surface area contributed by atoms with Crippen LogP contribution in [0.1, 0.15) is 23.0 Å². The molecule has 1 atom stereocenters. The van der Waals surface area contributed by atoms with Gasteiger partial charge in [-0.15, -0.1) is 0 Å². The molecule has 0 spiro atoms. The summed E-state index contributed by atoms with van der Waals surface area (Å²) in [5.74, 6) is 0.662. The van der Waals surface area contributed by atoms with E-state index in [1.54, 1.807) is 26.2 Å². The maximum atomic E-state index is 11.8. The van der Waals surface area contributed by atoms with Crippen molar-refractivity contribution in [2.75, 3.05) is 13.7 Å². The molecule has 1 heterocycles. The molecule has 112 valence electrons. The van der Waals surface area contributed by atoms with Gasteiger partial charge in [-0.25, -0.2) is 0 Å². The van der Waals surface area contributed by atoms with Crippen LogP contribution in [0.4, 0.5) is 0 Å². The summed E-state index contributed by atoms with van der Waals surface area (Å²) in [6.45, 7) is 1.82. The lowest BCUT2D eigenvalue weighted by molar-refractivity contribution is 0.0544. The molecular formula is C16H19NO4. The highest BCUT2D eigenvalue weighted by Crippen LogP contribution is 2.16. The number of rotatable bonds is 6. The number of methoxy groups -OCH3 is 1. The van der Waals surface area contributed by atoms with Gasteiger partial charge in [-0.2, -0.15) is 0 Å². The number of ether oxygens (including phenoxy) is 1. The third-order valence-corrected chi connectivity index (χ3v) is 3.12. The van der Waals surface area contributed by atoms with Gasteiger partial charge in [-0.05, 0) is 36.8 Å². The molecular weight excluding hydrogens is 270 g/mol. The molecule has 2 aromatic rings. The van der Waals surface area contributed by atoms with Crippen LogP contribution in [-0.4, -0.2) is 30.3 Å². The fraction of sp³-hybridized carbons (Fsp3) is 0.312. The maximum Gasteiger partial charge on any atom is 0.287 e. The molecule has 0 fully saturated rings. The summed E-state index contributed by atoms with van der Waals surface area (Å²) in [5.41, 5.74) is -0.0790. The van der Waals surface area contributed by atoms with Gasteiger partial charge in [0, 0.05) is 13.0 Å². The van der Waals surface area contributed by atoms with Crippen LogP contribution in [0.5, 0.6) is 5.75 Å². The van der Waals surface area contributed by atoms with E-state index in [1.807, 2.05) is 24.3 Å². The number of carbonyl (C=O) groups excluding carboxylic acids is 1. The number of hydrogen-bond acceptors (Lipinski definition) is 4. The summed E-state index contributed by atoms with van der Waals surface area (Å²) in [4.78, 5) is 11.8. The molecule has 0 bridgehead atoms. The van der Waals surface area contributed by atoms with Crippen molar-refractivity contribution < 1.29 is 19.1 Å². The molecule has 5 nitrogen and oxygen atoms in total. The van der Waals surface area contributed by atoms with Crippen molar-refractivity contribution in [3.8, 4) is 5.75 Å². The molecule has 0 radical (unpaired) electrons. The zero-order valence-electron chi connectivity index (χ0n) is 12.1. The molecule has 0 unspecified atom stereocenters. The fourth-order valence-electron chi connectivity index (χ4n) is 2.01. The van der Waals surface area contributed by atoms with Crippen LogP contribution in [-0.2, 0) is 6.42 Å². The second-order valence-corrected chi connectivity index (χ2v) is 5.18. The quantitative estimate of drug-likeness (QED) is 0.853. The topological polar surface area (TPSA) is 71.7 Å². The van der Waals surface area contributed by atoms with Gasteiger partial charge in [0.15, 0.2) is 5.76 Å². The highest BCUT2D eigenvalue weighted by Gasteiger charge is 2.22. The van der Waals surface area contributed by atoms with E-state index in [0.29, 0.717) is 6.42 Å². The van der Waals surface area contributed by atoms with Gasteiger partial charge < -0.3 is 19.6 Å². The summed E-state index contributed by atoms with van der Waals surface area (Å²) in [6.07, 6.45) is 1.86. The van der Waals surface area contributed by atoms with E-state index in [-0.39, 0.29) is 18.2 Å². The molecule has 0 saturated heterocycles. The minimum absolute atomic E-state index is 0.137. The number of benzene rings is 1. The second kappa shape index (κ2) is 6.45. The van der Waals surface area contributed by atoms with Crippen LogP contribution in [0.2, 0.25) is 0 Å². The second-order valence-electron chi connectivity index (χ2n) is 5.18. The Morgan fingerprint density at radius 2 is 2.05 bits per heavy atom. The molecule has 1 aromatic carbocycles. The standard InChI is InChI=1S/C16H19NO4/c1-16(19,10-12-5-7-13(20-2)8-6-12)11-17-15(18)14-4-3-9-21-14/h3-9,19H,10-11H2,1-2H3,(H,17,18)/t16-/m0/s1. The SMILES string of the molecule is COc1ccc(C[C@](C)(O)CNC(=O)c2ccco2)cc1. The zero-order chi connectivity index (χ0) is 15.3. The number of furan rings is 1. The van der Waals surface area contributed by atoms with E-state index in [1.165, 1.54) is 6.26 Å². The Bertz CT molecular complexity index is 573. The minimum Gasteiger partial charge on any atom is -0.497 e. The normalized spacial score (nSPS) is 13.5. The molecule has 0 aliphatic carbocycles. The number of hydrogen-bond donors (Lipinski definition) is 2. The van der Waals surface area contributed by atoms with Crippen LogP contribution in [0.15, 0.2) is 47.1 Å². The molecule has 2 rings (SSSR count). The Balaban J connectivity index is 1.90. The minimum atomic E-state index is -1.04. The molecule has 2 N–H and O–H groups in total. The van der Waals surface area contributed by atoms with Crippen molar-refractivity contribution in [3.63, 3.8) is 0 Å². The maximum absolute atomic E-state index is 11.8. The lowest BCUT2D eigenvalue weighted by Gasteiger charge is -2.23. The van der Waals surface area contributed by atoms with Gasteiger partial charge >= 0.3 is 0 Å². The molecule has 1 aromatic heterocycles. The Hall–Kier alpha value is -2.27. The molecule has 21 heavy (non-hydrogen) atoms. The van der Waals surface area contributed by atoms with Gasteiger partial charge in [0.1, 0.15) is 5.75 Å². The smallest absolute Gasteiger partial charge is 0.287 e. The fourth-order valence-corrected chi connectivity index (χ4v) is 2.01. The third-order valence-electron chi connectivity index (χ3n) is 3.12. The van der Waals surface area contributed by atoms with Crippen molar-refractivity contribution in [2.45, 2.75) is 18.9 Å². The van der Waals surface area contributed by atoms with E-state index in [2.05, 4.69) is 5.32 Å². The van der Waals surface area contributed by atoms with Crippen LogP contribution in [0, 0.1) is 0 Å². The molecule has 1 amide bonds. The monoisotopic (exact) mass is 289 g/mol. The Kier molecular flexibility index (Phi) is 4.65. The first-order chi connectivity index (χ1) is 10.00. The number of nitrogens with one attached hydrogen (secondary N) is 1. The average molecular weight is 289 g/mol. The third kappa shape index (κ3) is 4.36. The Labute approximate surface area is 123 Å². The van der Waals surface area contributed by atoms with E-state index in [4.69, 9.17) is 9.15 Å². The van der Waals surface area contributed by atoms with Gasteiger partial charge in [0.05, 0.1) is 19.0 Å². The summed E-state index contributed by atoms with van der Waals surface area (Å²) in [5, 5.41) is 13.0. The van der Waals surface area contributed by atoms with Crippen molar-refractivity contribution in [1.82, 2.24) is 5.32 Å². The zero-order valence-corrected chi connectivity index (χ0v) is 12.1. The average Bonchev–Trinajstić information content (AvgIpc) is 2.99. The number of amides is 1. The van der Waals surface area contributed by atoms with Gasteiger partial charge in [0.25, 0.3) is 5.91 Å². The van der Waals surface area contributed by atoms with Crippen LogP contribution >= 0.6 is 0 Å². The van der Waals surface area contributed by atoms with Gasteiger partial charge in [0.2, 0.25) is 0 Å². The first-order valence-corrected chi connectivity index (χ1v) is 6.67. The number of aliphatic hydroxyl groups is 1. The lowest BCUT2D eigenvalue weighted by atomic mass is 9.96. The van der Waals surface area contributed by atoms with E-state index >= 15 is 0 Å². The first-order valence-electron chi connectivity index (χ1n) is 6.67. The van der Waals surface area contributed by atoms with E-state index in [9.17, 15) is 9.90 Å². The molecule has 0 aliphatic heterocycles. The van der Waals surface area contributed by atoms with Gasteiger partial charge in [-0.1, -0.05) is 12.1 Å².